The Balaban J connectivity index is 2.09. The molecule has 0 bridgehead atoms. The number of benzene rings is 1. The van der Waals surface area contributed by atoms with Gasteiger partial charge in [0.25, 0.3) is 0 Å². The molecule has 0 unspecified atom stereocenters. The van der Waals surface area contributed by atoms with Crippen molar-refractivity contribution in [2.45, 2.75) is 26.9 Å². The van der Waals surface area contributed by atoms with E-state index in [0.29, 0.717) is 0 Å². The molecule has 17 heavy (non-hydrogen) atoms. The molecular formula is C13H16ClN3. The lowest BCUT2D eigenvalue weighted by Crippen LogP contribution is -2.06. The number of anilines is 1. The Hall–Kier alpha value is -1.48. The van der Waals surface area contributed by atoms with Crippen molar-refractivity contribution < 1.29 is 0 Å². The molecule has 0 spiro atoms. The second-order valence-corrected chi connectivity index (χ2v) is 4.42. The largest absolute Gasteiger partial charge is 0.378 e. The van der Waals surface area contributed by atoms with Crippen molar-refractivity contribution in [2.24, 2.45) is 0 Å². The number of nitrogens with one attached hydrogen (secondary N) is 1. The standard InChI is InChI=1S/C13H16ClN3/c1-3-17-9-15-7-11(17)8-16-13-6-10(2)4-5-12(13)14/h4-7,9,16H,3,8H2,1-2H3. The summed E-state index contributed by atoms with van der Waals surface area (Å²) >= 11 is 6.13. The molecule has 2 rings (SSSR count). The molecule has 3 nitrogen and oxygen atoms in total. The fourth-order valence-electron chi connectivity index (χ4n) is 1.74. The maximum absolute atomic E-state index is 6.13. The minimum atomic E-state index is 0.733. The van der Waals surface area contributed by atoms with E-state index in [2.05, 4.69) is 34.8 Å². The van der Waals surface area contributed by atoms with Crippen molar-refractivity contribution in [3.05, 3.63) is 47.0 Å². The van der Waals surface area contributed by atoms with Crippen LogP contribution >= 0.6 is 11.6 Å². The van der Waals surface area contributed by atoms with Gasteiger partial charge in [0, 0.05) is 12.7 Å². The molecule has 0 aliphatic heterocycles. The minimum absolute atomic E-state index is 0.733. The van der Waals surface area contributed by atoms with Gasteiger partial charge in [-0.15, -0.1) is 0 Å². The number of rotatable bonds is 4. The summed E-state index contributed by atoms with van der Waals surface area (Å²) in [4.78, 5) is 4.14. The van der Waals surface area contributed by atoms with Gasteiger partial charge in [-0.05, 0) is 31.5 Å². The van der Waals surface area contributed by atoms with Gasteiger partial charge in [0.2, 0.25) is 0 Å². The minimum Gasteiger partial charge on any atom is -0.378 e. The Labute approximate surface area is 106 Å². The number of aryl methyl sites for hydroxylation is 2. The van der Waals surface area contributed by atoms with Crippen LogP contribution < -0.4 is 5.32 Å². The molecule has 1 heterocycles. The SMILES string of the molecule is CCn1cncc1CNc1cc(C)ccc1Cl. The fraction of sp³-hybridized carbons (Fsp3) is 0.308. The summed E-state index contributed by atoms with van der Waals surface area (Å²) < 4.78 is 2.11. The van der Waals surface area contributed by atoms with Crippen LogP contribution in [0.2, 0.25) is 5.02 Å². The number of halogens is 1. The van der Waals surface area contributed by atoms with Gasteiger partial charge in [-0.2, -0.15) is 0 Å². The van der Waals surface area contributed by atoms with Crippen LogP contribution in [-0.4, -0.2) is 9.55 Å². The quantitative estimate of drug-likeness (QED) is 0.899. The van der Waals surface area contributed by atoms with E-state index in [9.17, 15) is 0 Å². The van der Waals surface area contributed by atoms with Gasteiger partial charge in [0.05, 0.1) is 29.3 Å². The highest BCUT2D eigenvalue weighted by Gasteiger charge is 2.03. The second kappa shape index (κ2) is 5.23. The molecule has 0 aliphatic rings. The van der Waals surface area contributed by atoms with E-state index in [-0.39, 0.29) is 0 Å². The zero-order valence-electron chi connectivity index (χ0n) is 10.1. The smallest absolute Gasteiger partial charge is 0.0948 e. The van der Waals surface area contributed by atoms with Gasteiger partial charge in [-0.1, -0.05) is 17.7 Å². The number of imidazole rings is 1. The first-order valence-corrected chi connectivity index (χ1v) is 6.07. The summed E-state index contributed by atoms with van der Waals surface area (Å²) in [6.45, 7) is 5.82. The number of hydrogen-bond donors (Lipinski definition) is 1. The molecule has 1 N–H and O–H groups in total. The molecule has 2 aromatic rings. The lowest BCUT2D eigenvalue weighted by Gasteiger charge is -2.10. The Kier molecular flexibility index (Phi) is 3.69. The van der Waals surface area contributed by atoms with Crippen molar-refractivity contribution in [3.63, 3.8) is 0 Å². The van der Waals surface area contributed by atoms with Crippen molar-refractivity contribution in [3.8, 4) is 0 Å². The zero-order valence-corrected chi connectivity index (χ0v) is 10.8. The molecule has 0 amide bonds. The summed E-state index contributed by atoms with van der Waals surface area (Å²) in [6, 6.07) is 5.97. The van der Waals surface area contributed by atoms with Crippen LogP contribution in [0.5, 0.6) is 0 Å². The summed E-state index contributed by atoms with van der Waals surface area (Å²) in [5, 5.41) is 4.09. The van der Waals surface area contributed by atoms with E-state index in [1.165, 1.54) is 5.56 Å². The average Bonchev–Trinajstić information content (AvgIpc) is 2.77. The highest BCUT2D eigenvalue weighted by Crippen LogP contribution is 2.23. The monoisotopic (exact) mass is 249 g/mol. The third kappa shape index (κ3) is 2.80. The Morgan fingerprint density at radius 1 is 1.41 bits per heavy atom. The first kappa shape index (κ1) is 12.0. The summed E-state index contributed by atoms with van der Waals surface area (Å²) in [5.74, 6) is 0. The maximum Gasteiger partial charge on any atom is 0.0948 e. The maximum atomic E-state index is 6.13. The third-order valence-electron chi connectivity index (χ3n) is 2.72. The Bertz CT molecular complexity index is 505. The average molecular weight is 250 g/mol. The van der Waals surface area contributed by atoms with Crippen molar-refractivity contribution in [1.29, 1.82) is 0 Å². The topological polar surface area (TPSA) is 29.9 Å². The van der Waals surface area contributed by atoms with Gasteiger partial charge in [0.15, 0.2) is 0 Å². The van der Waals surface area contributed by atoms with Crippen molar-refractivity contribution >= 4 is 17.3 Å². The molecule has 90 valence electrons. The molecule has 1 aromatic heterocycles. The van der Waals surface area contributed by atoms with Gasteiger partial charge >= 0.3 is 0 Å². The molecule has 0 fully saturated rings. The van der Waals surface area contributed by atoms with Crippen molar-refractivity contribution in [2.75, 3.05) is 5.32 Å². The van der Waals surface area contributed by atoms with E-state index >= 15 is 0 Å². The van der Waals surface area contributed by atoms with Crippen LogP contribution in [-0.2, 0) is 13.1 Å². The number of hydrogen-bond acceptors (Lipinski definition) is 2. The lowest BCUT2D eigenvalue weighted by atomic mass is 10.2. The lowest BCUT2D eigenvalue weighted by molar-refractivity contribution is 0.719. The Morgan fingerprint density at radius 3 is 3.00 bits per heavy atom. The van der Waals surface area contributed by atoms with Crippen LogP contribution in [0.1, 0.15) is 18.2 Å². The molecule has 0 saturated heterocycles. The molecule has 0 saturated carbocycles. The first-order valence-electron chi connectivity index (χ1n) is 5.69. The van der Waals surface area contributed by atoms with Gasteiger partial charge < -0.3 is 9.88 Å². The van der Waals surface area contributed by atoms with Gasteiger partial charge in [-0.25, -0.2) is 4.98 Å². The molecule has 0 radical (unpaired) electrons. The molecule has 0 atom stereocenters. The predicted molar refractivity (Wildman–Crippen MR) is 71.4 cm³/mol. The third-order valence-corrected chi connectivity index (χ3v) is 3.05. The van der Waals surface area contributed by atoms with Gasteiger partial charge in [-0.3, -0.25) is 0 Å². The summed E-state index contributed by atoms with van der Waals surface area (Å²) in [6.07, 6.45) is 3.72. The predicted octanol–water partition coefficient (Wildman–Crippen LogP) is 3.48. The normalized spacial score (nSPS) is 10.5. The van der Waals surface area contributed by atoms with E-state index in [1.807, 2.05) is 24.7 Å². The summed E-state index contributed by atoms with van der Waals surface area (Å²) in [7, 11) is 0. The molecule has 4 heteroatoms. The van der Waals surface area contributed by atoms with Crippen LogP contribution in [0, 0.1) is 6.92 Å². The Morgan fingerprint density at radius 2 is 2.24 bits per heavy atom. The zero-order chi connectivity index (χ0) is 12.3. The highest BCUT2D eigenvalue weighted by atomic mass is 35.5. The van der Waals surface area contributed by atoms with E-state index < -0.39 is 0 Å². The van der Waals surface area contributed by atoms with E-state index in [4.69, 9.17) is 11.6 Å². The van der Waals surface area contributed by atoms with Crippen molar-refractivity contribution in [1.82, 2.24) is 9.55 Å². The molecule has 1 aromatic carbocycles. The number of aromatic nitrogens is 2. The first-order chi connectivity index (χ1) is 8.20. The van der Waals surface area contributed by atoms with E-state index in [1.54, 1.807) is 0 Å². The van der Waals surface area contributed by atoms with Gasteiger partial charge in [0.1, 0.15) is 0 Å². The van der Waals surface area contributed by atoms with Crippen LogP contribution in [0.4, 0.5) is 5.69 Å². The van der Waals surface area contributed by atoms with Crippen LogP contribution in [0.3, 0.4) is 0 Å². The molecule has 0 aliphatic carbocycles. The fourth-order valence-corrected chi connectivity index (χ4v) is 1.92. The van der Waals surface area contributed by atoms with Crippen LogP contribution in [0.15, 0.2) is 30.7 Å². The summed E-state index contributed by atoms with van der Waals surface area (Å²) in [5.41, 5.74) is 3.32. The van der Waals surface area contributed by atoms with E-state index in [0.717, 1.165) is 29.5 Å². The number of nitrogens with zero attached hydrogens (tertiary/aromatic N) is 2. The highest BCUT2D eigenvalue weighted by molar-refractivity contribution is 6.33. The second-order valence-electron chi connectivity index (χ2n) is 4.01. The van der Waals surface area contributed by atoms with Crippen LogP contribution in [0.25, 0.3) is 0 Å². The molecular weight excluding hydrogens is 234 g/mol.